The standard InChI is InChI=1S/C11H23NO2/c1-4-12(5-2)9-8-11(13)7-6-10-14-3/h4-10H2,1-3H3. The molecule has 0 spiro atoms. The molecule has 0 aliphatic heterocycles. The average molecular weight is 201 g/mol. The zero-order valence-electron chi connectivity index (χ0n) is 9.71. The molecule has 0 radical (unpaired) electrons. The van der Waals surface area contributed by atoms with Gasteiger partial charge in [0.05, 0.1) is 0 Å². The molecule has 0 rings (SSSR count). The quantitative estimate of drug-likeness (QED) is 0.532. The van der Waals surface area contributed by atoms with Gasteiger partial charge >= 0.3 is 0 Å². The van der Waals surface area contributed by atoms with Crippen LogP contribution in [0.2, 0.25) is 0 Å². The smallest absolute Gasteiger partial charge is 0.134 e. The van der Waals surface area contributed by atoms with Gasteiger partial charge in [-0.1, -0.05) is 13.8 Å². The van der Waals surface area contributed by atoms with E-state index in [4.69, 9.17) is 4.74 Å². The van der Waals surface area contributed by atoms with E-state index in [0.717, 1.165) is 26.1 Å². The number of Topliss-reactive ketones (excluding diaryl/α,β-unsaturated/α-hetero) is 1. The van der Waals surface area contributed by atoms with Crippen molar-refractivity contribution in [3.63, 3.8) is 0 Å². The van der Waals surface area contributed by atoms with Gasteiger partial charge in [-0.15, -0.1) is 0 Å². The molecule has 3 nitrogen and oxygen atoms in total. The number of ether oxygens (including phenoxy) is 1. The molecule has 0 atom stereocenters. The monoisotopic (exact) mass is 201 g/mol. The van der Waals surface area contributed by atoms with Crippen LogP contribution in [0.3, 0.4) is 0 Å². The molecule has 84 valence electrons. The van der Waals surface area contributed by atoms with Crippen LogP contribution >= 0.6 is 0 Å². The number of methoxy groups -OCH3 is 1. The number of ketones is 1. The van der Waals surface area contributed by atoms with Crippen molar-refractivity contribution in [2.24, 2.45) is 0 Å². The summed E-state index contributed by atoms with van der Waals surface area (Å²) >= 11 is 0. The summed E-state index contributed by atoms with van der Waals surface area (Å²) in [7, 11) is 1.67. The van der Waals surface area contributed by atoms with Crippen molar-refractivity contribution < 1.29 is 9.53 Å². The number of hydrogen-bond acceptors (Lipinski definition) is 3. The van der Waals surface area contributed by atoms with Gasteiger partial charge in [-0.05, 0) is 19.5 Å². The van der Waals surface area contributed by atoms with E-state index in [2.05, 4.69) is 18.7 Å². The summed E-state index contributed by atoms with van der Waals surface area (Å²) in [4.78, 5) is 13.6. The molecule has 14 heavy (non-hydrogen) atoms. The highest BCUT2D eigenvalue weighted by molar-refractivity contribution is 5.78. The fourth-order valence-corrected chi connectivity index (χ4v) is 1.36. The topological polar surface area (TPSA) is 29.5 Å². The summed E-state index contributed by atoms with van der Waals surface area (Å²) < 4.78 is 4.90. The predicted octanol–water partition coefficient (Wildman–Crippen LogP) is 1.71. The fraction of sp³-hybridized carbons (Fsp3) is 0.909. The van der Waals surface area contributed by atoms with Gasteiger partial charge < -0.3 is 9.64 Å². The van der Waals surface area contributed by atoms with Gasteiger partial charge in [-0.2, -0.15) is 0 Å². The van der Waals surface area contributed by atoms with Crippen molar-refractivity contribution in [3.8, 4) is 0 Å². The molecule has 0 N–H and O–H groups in total. The van der Waals surface area contributed by atoms with Crippen molar-refractivity contribution in [1.29, 1.82) is 0 Å². The number of carbonyl (C=O) groups excluding carboxylic acids is 1. The molecule has 0 aromatic heterocycles. The van der Waals surface area contributed by atoms with Crippen LogP contribution in [0.1, 0.15) is 33.1 Å². The highest BCUT2D eigenvalue weighted by Gasteiger charge is 2.04. The van der Waals surface area contributed by atoms with Gasteiger partial charge in [0.15, 0.2) is 0 Å². The van der Waals surface area contributed by atoms with Crippen LogP contribution in [0.15, 0.2) is 0 Å². The third-order valence-corrected chi connectivity index (χ3v) is 2.41. The molecule has 0 aliphatic rings. The van der Waals surface area contributed by atoms with Gasteiger partial charge in [-0.3, -0.25) is 4.79 Å². The second-order valence-corrected chi connectivity index (χ2v) is 3.41. The van der Waals surface area contributed by atoms with Crippen molar-refractivity contribution in [2.75, 3.05) is 33.4 Å². The maximum atomic E-state index is 11.4. The van der Waals surface area contributed by atoms with Gasteiger partial charge in [-0.25, -0.2) is 0 Å². The number of hydrogen-bond donors (Lipinski definition) is 0. The molecule has 3 heteroatoms. The van der Waals surface area contributed by atoms with E-state index < -0.39 is 0 Å². The van der Waals surface area contributed by atoms with Crippen LogP contribution in [-0.2, 0) is 9.53 Å². The van der Waals surface area contributed by atoms with E-state index in [0.29, 0.717) is 25.2 Å². The maximum Gasteiger partial charge on any atom is 0.134 e. The van der Waals surface area contributed by atoms with Crippen LogP contribution in [0.4, 0.5) is 0 Å². The highest BCUT2D eigenvalue weighted by atomic mass is 16.5. The predicted molar refractivity (Wildman–Crippen MR) is 58.5 cm³/mol. The van der Waals surface area contributed by atoms with E-state index in [1.165, 1.54) is 0 Å². The van der Waals surface area contributed by atoms with E-state index in [9.17, 15) is 4.79 Å². The molecule has 0 aromatic carbocycles. The Morgan fingerprint density at radius 1 is 1.21 bits per heavy atom. The van der Waals surface area contributed by atoms with Crippen LogP contribution in [0, 0.1) is 0 Å². The molecular weight excluding hydrogens is 178 g/mol. The van der Waals surface area contributed by atoms with Crippen molar-refractivity contribution in [1.82, 2.24) is 4.90 Å². The zero-order chi connectivity index (χ0) is 10.8. The summed E-state index contributed by atoms with van der Waals surface area (Å²) in [6.45, 7) is 7.90. The third kappa shape index (κ3) is 7.04. The van der Waals surface area contributed by atoms with Gasteiger partial charge in [0.2, 0.25) is 0 Å². The van der Waals surface area contributed by atoms with Crippen molar-refractivity contribution in [2.45, 2.75) is 33.1 Å². The zero-order valence-corrected chi connectivity index (χ0v) is 9.71. The average Bonchev–Trinajstić information content (AvgIpc) is 2.20. The molecule has 0 unspecified atom stereocenters. The SMILES string of the molecule is CCN(CC)CCC(=O)CCCOC. The summed E-state index contributed by atoms with van der Waals surface area (Å²) in [6, 6.07) is 0. The van der Waals surface area contributed by atoms with Crippen LogP contribution in [-0.4, -0.2) is 44.0 Å². The van der Waals surface area contributed by atoms with Crippen LogP contribution in [0.25, 0.3) is 0 Å². The molecule has 0 aromatic rings. The van der Waals surface area contributed by atoms with E-state index in [-0.39, 0.29) is 0 Å². The summed E-state index contributed by atoms with van der Waals surface area (Å²) in [6.07, 6.45) is 2.20. The first-order chi connectivity index (χ1) is 6.74. The second kappa shape index (κ2) is 9.16. The van der Waals surface area contributed by atoms with Crippen molar-refractivity contribution in [3.05, 3.63) is 0 Å². The van der Waals surface area contributed by atoms with Crippen LogP contribution < -0.4 is 0 Å². The van der Waals surface area contributed by atoms with E-state index >= 15 is 0 Å². The second-order valence-electron chi connectivity index (χ2n) is 3.41. The Morgan fingerprint density at radius 2 is 1.86 bits per heavy atom. The van der Waals surface area contributed by atoms with E-state index in [1.54, 1.807) is 7.11 Å². The van der Waals surface area contributed by atoms with Crippen molar-refractivity contribution >= 4 is 5.78 Å². The fourth-order valence-electron chi connectivity index (χ4n) is 1.36. The summed E-state index contributed by atoms with van der Waals surface area (Å²) in [5.41, 5.74) is 0. The lowest BCUT2D eigenvalue weighted by Crippen LogP contribution is -2.25. The molecular formula is C11H23NO2. The third-order valence-electron chi connectivity index (χ3n) is 2.41. The largest absolute Gasteiger partial charge is 0.385 e. The minimum atomic E-state index is 0.356. The minimum Gasteiger partial charge on any atom is -0.385 e. The number of carbonyl (C=O) groups is 1. The normalized spacial score (nSPS) is 10.9. The lowest BCUT2D eigenvalue weighted by Gasteiger charge is -2.16. The Hall–Kier alpha value is -0.410. The molecule has 0 heterocycles. The Bertz CT molecular complexity index is 144. The first kappa shape index (κ1) is 13.6. The van der Waals surface area contributed by atoms with E-state index in [1.807, 2.05) is 0 Å². The molecule has 0 saturated heterocycles. The first-order valence-electron chi connectivity index (χ1n) is 5.47. The first-order valence-corrected chi connectivity index (χ1v) is 5.47. The molecule has 0 saturated carbocycles. The summed E-state index contributed by atoms with van der Waals surface area (Å²) in [5, 5.41) is 0. The maximum absolute atomic E-state index is 11.4. The van der Waals surface area contributed by atoms with Gasteiger partial charge in [0.25, 0.3) is 0 Å². The summed E-state index contributed by atoms with van der Waals surface area (Å²) in [5.74, 6) is 0.356. The molecule has 0 fully saturated rings. The Balaban J connectivity index is 3.42. The van der Waals surface area contributed by atoms with Crippen LogP contribution in [0.5, 0.6) is 0 Å². The lowest BCUT2D eigenvalue weighted by molar-refractivity contribution is -0.119. The number of nitrogens with zero attached hydrogens (tertiary/aromatic N) is 1. The lowest BCUT2D eigenvalue weighted by atomic mass is 10.1. The Labute approximate surface area is 87.4 Å². The highest BCUT2D eigenvalue weighted by Crippen LogP contribution is 1.98. The molecule has 0 aliphatic carbocycles. The molecule has 0 bridgehead atoms. The Kier molecular flexibility index (Phi) is 8.89. The van der Waals surface area contributed by atoms with Gasteiger partial charge in [0.1, 0.15) is 5.78 Å². The number of rotatable bonds is 9. The van der Waals surface area contributed by atoms with Gasteiger partial charge in [0, 0.05) is 33.1 Å². The molecule has 0 amide bonds. The Morgan fingerprint density at radius 3 is 2.36 bits per heavy atom. The minimum absolute atomic E-state index is 0.356.